The largest absolute Gasteiger partial charge is 0.486 e. The van der Waals surface area contributed by atoms with Crippen LogP contribution in [0.25, 0.3) is 22.0 Å². The molecule has 1 saturated heterocycles. The smallest absolute Gasteiger partial charge is 0.289 e. The van der Waals surface area contributed by atoms with E-state index in [9.17, 15) is 14.0 Å². The number of ether oxygens (including phenoxy) is 2. The monoisotopic (exact) mass is 544 g/mol. The van der Waals surface area contributed by atoms with E-state index < -0.39 is 11.7 Å². The molecule has 4 aromatic rings. The Hall–Kier alpha value is -4.24. The summed E-state index contributed by atoms with van der Waals surface area (Å²) in [6, 6.07) is 16.3. The van der Waals surface area contributed by atoms with E-state index in [0.29, 0.717) is 24.5 Å². The zero-order chi connectivity index (χ0) is 28.1. The lowest BCUT2D eigenvalue weighted by Gasteiger charge is -2.20. The van der Waals surface area contributed by atoms with Gasteiger partial charge in [0.2, 0.25) is 5.78 Å². The van der Waals surface area contributed by atoms with Crippen molar-refractivity contribution >= 4 is 22.6 Å². The highest BCUT2D eigenvalue weighted by Crippen LogP contribution is 2.34. The highest BCUT2D eigenvalue weighted by atomic mass is 19.1. The number of aryl methyl sites for hydroxylation is 2. The second kappa shape index (κ2) is 12.3. The molecular formula is C31H33FN4O4. The Morgan fingerprint density at radius 1 is 0.975 bits per heavy atom. The summed E-state index contributed by atoms with van der Waals surface area (Å²) in [5, 5.41) is 5.37. The van der Waals surface area contributed by atoms with Crippen LogP contribution in [0.1, 0.15) is 35.2 Å². The fourth-order valence-corrected chi connectivity index (χ4v) is 5.11. The molecule has 2 N–H and O–H groups in total. The van der Waals surface area contributed by atoms with Crippen molar-refractivity contribution in [3.05, 3.63) is 77.7 Å². The van der Waals surface area contributed by atoms with Gasteiger partial charge < -0.3 is 20.1 Å². The molecule has 0 unspecified atom stereocenters. The lowest BCUT2D eigenvalue weighted by molar-refractivity contribution is -0.114. The summed E-state index contributed by atoms with van der Waals surface area (Å²) in [5.74, 6) is -1.09. The van der Waals surface area contributed by atoms with Crippen molar-refractivity contribution in [1.29, 1.82) is 0 Å². The van der Waals surface area contributed by atoms with Gasteiger partial charge in [-0.05, 0) is 86.3 Å². The number of rotatable bonds is 7. The summed E-state index contributed by atoms with van der Waals surface area (Å²) in [4.78, 5) is 24.8. The van der Waals surface area contributed by atoms with E-state index in [0.717, 1.165) is 47.0 Å². The van der Waals surface area contributed by atoms with Gasteiger partial charge in [0.15, 0.2) is 17.3 Å². The quantitative estimate of drug-likeness (QED) is 0.271. The van der Waals surface area contributed by atoms with Crippen molar-refractivity contribution in [2.45, 2.75) is 25.7 Å². The maximum atomic E-state index is 13.8. The van der Waals surface area contributed by atoms with E-state index >= 15 is 0 Å². The number of nitrogens with zero attached hydrogens (tertiary/aromatic N) is 3. The van der Waals surface area contributed by atoms with Crippen LogP contribution in [0.15, 0.2) is 60.8 Å². The molecule has 6 rings (SSSR count). The molecule has 1 amide bonds. The van der Waals surface area contributed by atoms with Crippen LogP contribution < -0.4 is 15.2 Å². The zero-order valence-electron chi connectivity index (χ0n) is 22.6. The Balaban J connectivity index is 0.000000162. The first-order chi connectivity index (χ1) is 19.4. The van der Waals surface area contributed by atoms with Gasteiger partial charge in [0.1, 0.15) is 13.2 Å². The van der Waals surface area contributed by atoms with E-state index in [1.165, 1.54) is 25.9 Å². The van der Waals surface area contributed by atoms with Crippen LogP contribution in [0.4, 0.5) is 4.39 Å². The van der Waals surface area contributed by atoms with E-state index in [2.05, 4.69) is 10.00 Å². The molecule has 0 aliphatic carbocycles. The van der Waals surface area contributed by atoms with E-state index in [4.69, 9.17) is 15.2 Å². The predicted octanol–water partition coefficient (Wildman–Crippen LogP) is 4.53. The van der Waals surface area contributed by atoms with Gasteiger partial charge in [-0.1, -0.05) is 30.3 Å². The van der Waals surface area contributed by atoms with Gasteiger partial charge in [0.25, 0.3) is 5.91 Å². The predicted molar refractivity (Wildman–Crippen MR) is 151 cm³/mol. The molecule has 0 spiro atoms. The van der Waals surface area contributed by atoms with Gasteiger partial charge in [-0.25, -0.2) is 4.39 Å². The van der Waals surface area contributed by atoms with Gasteiger partial charge in [0.05, 0.1) is 5.52 Å². The number of benzene rings is 3. The van der Waals surface area contributed by atoms with Gasteiger partial charge >= 0.3 is 0 Å². The summed E-state index contributed by atoms with van der Waals surface area (Å²) >= 11 is 0. The number of primary amides is 1. The third-order valence-corrected chi connectivity index (χ3v) is 7.12. The third-order valence-electron chi connectivity index (χ3n) is 7.12. The molecule has 0 atom stereocenters. The second-order valence-corrected chi connectivity index (χ2v) is 10.1. The topological polar surface area (TPSA) is 99.7 Å². The van der Waals surface area contributed by atoms with Crippen LogP contribution in [0, 0.1) is 5.82 Å². The van der Waals surface area contributed by atoms with Crippen LogP contribution >= 0.6 is 0 Å². The normalized spacial score (nSPS) is 14.6. The number of halogens is 1. The van der Waals surface area contributed by atoms with E-state index in [-0.39, 0.29) is 11.6 Å². The minimum absolute atomic E-state index is 0.273. The molecule has 1 aromatic heterocycles. The minimum atomic E-state index is -0.945. The standard InChI is InChI=1S/C16H13N3O2.C15H20FNO2/c1-19-9-13-8-12(6-7-14(13)18-19)10-2-4-11(5-3-10)15(20)16(17)21;16-13-10-12(4-3-7-17-5-1-2-6-17)11-14-15(13)19-9-8-18-14/h2-9H,1H3,(H2,17,21);10-11H,1-9H2. The van der Waals surface area contributed by atoms with Crippen LogP contribution in [0.5, 0.6) is 11.5 Å². The number of nitrogens with two attached hydrogens (primary N) is 1. The molecule has 2 aliphatic rings. The number of ketones is 1. The van der Waals surface area contributed by atoms with Crippen molar-refractivity contribution in [2.75, 3.05) is 32.8 Å². The number of amides is 1. The van der Waals surface area contributed by atoms with Crippen molar-refractivity contribution in [3.63, 3.8) is 0 Å². The van der Waals surface area contributed by atoms with E-state index in [1.54, 1.807) is 35.0 Å². The molecule has 3 heterocycles. The Morgan fingerprint density at radius 3 is 2.45 bits per heavy atom. The number of aromatic nitrogens is 2. The first-order valence-electron chi connectivity index (χ1n) is 13.6. The molecule has 0 saturated carbocycles. The molecule has 0 radical (unpaired) electrons. The molecule has 9 heteroatoms. The SMILES string of the molecule is Cn1cc2cc(-c3ccc(C(=O)C(N)=O)cc3)ccc2n1.Fc1cc(CCCN2CCCC2)cc2c1OCCO2. The summed E-state index contributed by atoms with van der Waals surface area (Å²) < 4.78 is 26.3. The number of carbonyl (C=O) groups excluding carboxylic acids is 2. The number of carbonyl (C=O) groups is 2. The Morgan fingerprint density at radius 2 is 1.70 bits per heavy atom. The third kappa shape index (κ3) is 6.48. The fraction of sp³-hybridized carbons (Fsp3) is 0.323. The Labute approximate surface area is 232 Å². The molecular weight excluding hydrogens is 511 g/mol. The average molecular weight is 545 g/mol. The molecule has 1 fully saturated rings. The maximum Gasteiger partial charge on any atom is 0.289 e. The summed E-state index contributed by atoms with van der Waals surface area (Å²) in [7, 11) is 1.88. The second-order valence-electron chi connectivity index (χ2n) is 10.1. The molecule has 208 valence electrons. The number of hydrogen-bond donors (Lipinski definition) is 1. The van der Waals surface area contributed by atoms with Crippen molar-refractivity contribution in [1.82, 2.24) is 14.7 Å². The minimum Gasteiger partial charge on any atom is -0.486 e. The van der Waals surface area contributed by atoms with Crippen molar-refractivity contribution < 1.29 is 23.5 Å². The number of Topliss-reactive ketones (excluding diaryl/α,β-unsaturated/α-hetero) is 1. The maximum absolute atomic E-state index is 13.8. The van der Waals surface area contributed by atoms with Crippen molar-refractivity contribution in [2.24, 2.45) is 12.8 Å². The number of hydrogen-bond acceptors (Lipinski definition) is 6. The Bertz CT molecular complexity index is 1510. The summed E-state index contributed by atoms with van der Waals surface area (Å²) in [6.45, 7) is 4.48. The fourth-order valence-electron chi connectivity index (χ4n) is 5.11. The van der Waals surface area contributed by atoms with Crippen molar-refractivity contribution in [3.8, 4) is 22.6 Å². The molecule has 40 heavy (non-hydrogen) atoms. The summed E-state index contributed by atoms with van der Waals surface area (Å²) in [5.41, 5.74) is 9.20. The van der Waals surface area contributed by atoms with Gasteiger partial charge in [-0.3, -0.25) is 14.3 Å². The van der Waals surface area contributed by atoms with Crippen LogP contribution in [-0.4, -0.2) is 59.2 Å². The average Bonchev–Trinajstić information content (AvgIpc) is 3.61. The van der Waals surface area contributed by atoms with Gasteiger partial charge in [-0.15, -0.1) is 0 Å². The number of fused-ring (bicyclic) bond motifs is 2. The van der Waals surface area contributed by atoms with Crippen LogP contribution in [0.3, 0.4) is 0 Å². The van der Waals surface area contributed by atoms with E-state index in [1.807, 2.05) is 37.5 Å². The molecule has 0 bridgehead atoms. The lowest BCUT2D eigenvalue weighted by atomic mass is 10.0. The molecule has 3 aromatic carbocycles. The Kier molecular flexibility index (Phi) is 8.40. The zero-order valence-corrected chi connectivity index (χ0v) is 22.6. The highest BCUT2D eigenvalue weighted by molar-refractivity contribution is 6.42. The van der Waals surface area contributed by atoms with Crippen LogP contribution in [-0.2, 0) is 18.3 Å². The molecule has 8 nitrogen and oxygen atoms in total. The first-order valence-corrected chi connectivity index (χ1v) is 13.6. The summed E-state index contributed by atoms with van der Waals surface area (Å²) in [6.07, 6.45) is 6.55. The first kappa shape index (κ1) is 27.3. The van der Waals surface area contributed by atoms with Crippen LogP contribution in [0.2, 0.25) is 0 Å². The lowest BCUT2D eigenvalue weighted by Crippen LogP contribution is -2.22. The highest BCUT2D eigenvalue weighted by Gasteiger charge is 2.18. The van der Waals surface area contributed by atoms with Gasteiger partial charge in [-0.2, -0.15) is 5.10 Å². The molecule has 2 aliphatic heterocycles. The van der Waals surface area contributed by atoms with Gasteiger partial charge in [0, 0.05) is 24.2 Å². The number of likely N-dealkylation sites (tertiary alicyclic amines) is 1.